The first-order valence-corrected chi connectivity index (χ1v) is 17.6. The molecule has 5 rings (SSSR count). The Morgan fingerprint density at radius 3 is 2.27 bits per heavy atom. The minimum absolute atomic E-state index is 0.203. The van der Waals surface area contributed by atoms with E-state index < -0.39 is 42.1 Å². The molecule has 3 aromatic carbocycles. The Bertz CT molecular complexity index is 1700. The van der Waals surface area contributed by atoms with E-state index in [1.54, 1.807) is 31.4 Å². The molecule has 2 aliphatic rings. The Morgan fingerprint density at radius 2 is 1.65 bits per heavy atom. The number of likely N-dealkylation sites (tertiary alicyclic amines) is 1. The summed E-state index contributed by atoms with van der Waals surface area (Å²) in [7, 11) is 5.24. The van der Waals surface area contributed by atoms with Gasteiger partial charge in [0.25, 0.3) is 0 Å². The van der Waals surface area contributed by atoms with Crippen molar-refractivity contribution >= 4 is 29.7 Å². The lowest BCUT2D eigenvalue weighted by molar-refractivity contribution is -0.144. The van der Waals surface area contributed by atoms with Gasteiger partial charge in [-0.2, -0.15) is 0 Å². The van der Waals surface area contributed by atoms with Crippen LogP contribution in [0.25, 0.3) is 6.08 Å². The number of likely N-dealkylation sites (N-methyl/N-ethyl adjacent to an activating group) is 1. The van der Waals surface area contributed by atoms with Crippen LogP contribution < -0.4 is 25.4 Å². The number of benzene rings is 3. The molecule has 6 atom stereocenters. The largest absolute Gasteiger partial charge is 0.496 e. The lowest BCUT2D eigenvalue weighted by Crippen LogP contribution is -2.60. The van der Waals surface area contributed by atoms with Crippen LogP contribution >= 0.6 is 0 Å². The fourth-order valence-electron chi connectivity index (χ4n) is 6.64. The average molecular weight is 696 g/mol. The van der Waals surface area contributed by atoms with Crippen molar-refractivity contribution in [3.05, 3.63) is 102 Å². The van der Waals surface area contributed by atoms with Gasteiger partial charge < -0.3 is 30.3 Å². The zero-order valence-electron chi connectivity index (χ0n) is 30.0. The van der Waals surface area contributed by atoms with Crippen LogP contribution in [0.2, 0.25) is 0 Å². The molecule has 0 aromatic heterocycles. The van der Waals surface area contributed by atoms with Crippen molar-refractivity contribution in [2.75, 3.05) is 27.7 Å². The Labute approximate surface area is 300 Å². The van der Waals surface area contributed by atoms with E-state index in [1.807, 2.05) is 93.5 Å². The summed E-state index contributed by atoms with van der Waals surface area (Å²) < 4.78 is 12.0. The van der Waals surface area contributed by atoms with Crippen molar-refractivity contribution < 1.29 is 28.7 Å². The van der Waals surface area contributed by atoms with Gasteiger partial charge in [-0.25, -0.2) is 0 Å². The molecule has 0 spiro atoms. The van der Waals surface area contributed by atoms with Gasteiger partial charge >= 0.3 is 0 Å². The van der Waals surface area contributed by atoms with Crippen LogP contribution in [0, 0.1) is 5.92 Å². The third kappa shape index (κ3) is 9.15. The molecular formula is C40H49N5O6. The van der Waals surface area contributed by atoms with Gasteiger partial charge in [0.2, 0.25) is 23.6 Å². The minimum Gasteiger partial charge on any atom is -0.496 e. The van der Waals surface area contributed by atoms with E-state index >= 15 is 0 Å². The third-order valence-corrected chi connectivity index (χ3v) is 9.76. The highest BCUT2D eigenvalue weighted by Crippen LogP contribution is 2.30. The predicted molar refractivity (Wildman–Crippen MR) is 196 cm³/mol. The van der Waals surface area contributed by atoms with E-state index in [1.165, 1.54) is 11.1 Å². The number of ether oxygens (including phenoxy) is 2. The van der Waals surface area contributed by atoms with Crippen molar-refractivity contribution in [3.63, 3.8) is 0 Å². The average Bonchev–Trinajstić information content (AvgIpc) is 3.55. The first-order valence-electron chi connectivity index (χ1n) is 17.6. The Kier molecular flexibility index (Phi) is 12.5. The molecule has 270 valence electrons. The predicted octanol–water partition coefficient (Wildman–Crippen LogP) is 3.58. The number of rotatable bonds is 11. The summed E-state index contributed by atoms with van der Waals surface area (Å²) in [5.74, 6) is -0.704. The minimum atomic E-state index is -1.07. The molecule has 1 saturated heterocycles. The maximum absolute atomic E-state index is 14.7. The summed E-state index contributed by atoms with van der Waals surface area (Å²) in [6.07, 6.45) is 4.19. The zero-order chi connectivity index (χ0) is 36.5. The molecule has 11 heteroatoms. The van der Waals surface area contributed by atoms with Crippen molar-refractivity contribution in [2.45, 2.75) is 69.8 Å². The highest BCUT2D eigenvalue weighted by molar-refractivity contribution is 5.96. The number of carbonyl (C=O) groups is 4. The fourth-order valence-corrected chi connectivity index (χ4v) is 6.64. The molecule has 51 heavy (non-hydrogen) atoms. The SMILES string of the molecule is CCC(C)C1NC(=O)C2C(CCN2C(=O)C(Cc2ccccc2)NC(=O)C(Cc2ccccc2)N(C)C)Oc2ccc(OC)c(c2)/C=C/NC1=O. The van der Waals surface area contributed by atoms with Gasteiger partial charge in [-0.3, -0.25) is 24.1 Å². The molecule has 1 fully saturated rings. The third-order valence-electron chi connectivity index (χ3n) is 9.76. The maximum atomic E-state index is 14.7. The topological polar surface area (TPSA) is 129 Å². The van der Waals surface area contributed by atoms with E-state index in [9.17, 15) is 19.2 Å². The molecule has 0 aliphatic carbocycles. The summed E-state index contributed by atoms with van der Waals surface area (Å²) in [6, 6.07) is 21.1. The van der Waals surface area contributed by atoms with Gasteiger partial charge in [0.05, 0.1) is 13.2 Å². The van der Waals surface area contributed by atoms with E-state index in [-0.39, 0.29) is 30.7 Å². The quantitative estimate of drug-likeness (QED) is 0.280. The lowest BCUT2D eigenvalue weighted by atomic mass is 9.97. The van der Waals surface area contributed by atoms with Gasteiger partial charge in [-0.15, -0.1) is 0 Å². The molecule has 3 N–H and O–H groups in total. The van der Waals surface area contributed by atoms with E-state index in [4.69, 9.17) is 9.47 Å². The molecule has 3 aromatic rings. The molecule has 0 saturated carbocycles. The van der Waals surface area contributed by atoms with Crippen LogP contribution in [-0.2, 0) is 32.0 Å². The van der Waals surface area contributed by atoms with Crippen LogP contribution in [0.15, 0.2) is 85.1 Å². The van der Waals surface area contributed by atoms with Crippen LogP contribution in [0.1, 0.15) is 43.4 Å². The van der Waals surface area contributed by atoms with Gasteiger partial charge in [0.15, 0.2) is 0 Å². The van der Waals surface area contributed by atoms with Crippen molar-refractivity contribution in [1.29, 1.82) is 0 Å². The van der Waals surface area contributed by atoms with Crippen LogP contribution in [0.4, 0.5) is 0 Å². The first kappa shape index (κ1) is 37.1. The highest BCUT2D eigenvalue weighted by atomic mass is 16.5. The molecule has 4 amide bonds. The standard InChI is InChI=1S/C40H49N5O6/c1-6-26(2)35-38(47)41-21-19-29-25-30(17-18-33(29)50-5)51-34-20-22-45(36(34)39(48)43-35)40(49)31(23-27-13-9-7-10-14-27)42-37(46)32(44(3)4)24-28-15-11-8-12-16-28/h7-19,21,25-26,31-32,34-36H,6,20,22-24H2,1-5H3,(H,41,47)(H,42,46)(H,43,48)/b21-19+. The second-order valence-electron chi connectivity index (χ2n) is 13.5. The van der Waals surface area contributed by atoms with Crippen molar-refractivity contribution in [3.8, 4) is 11.5 Å². The molecule has 0 radical (unpaired) electrons. The number of amides is 4. The maximum Gasteiger partial charge on any atom is 0.247 e. The normalized spacial score (nSPS) is 21.3. The number of hydrogen-bond donors (Lipinski definition) is 3. The molecule has 6 unspecified atom stereocenters. The summed E-state index contributed by atoms with van der Waals surface area (Å²) in [4.78, 5) is 59.8. The number of carbonyl (C=O) groups excluding carboxylic acids is 4. The molecular weight excluding hydrogens is 646 g/mol. The lowest BCUT2D eigenvalue weighted by Gasteiger charge is -2.33. The number of nitrogens with zero attached hydrogens (tertiary/aromatic N) is 2. The van der Waals surface area contributed by atoms with Gasteiger partial charge in [-0.1, -0.05) is 80.9 Å². The smallest absolute Gasteiger partial charge is 0.247 e. The fraction of sp³-hybridized carbons (Fsp3) is 0.400. The van der Waals surface area contributed by atoms with Crippen molar-refractivity contribution in [1.82, 2.24) is 25.8 Å². The van der Waals surface area contributed by atoms with Crippen LogP contribution in [0.5, 0.6) is 11.5 Å². The van der Waals surface area contributed by atoms with E-state index in [0.717, 1.165) is 11.1 Å². The number of methoxy groups -OCH3 is 1. The van der Waals surface area contributed by atoms with Gasteiger partial charge in [0.1, 0.15) is 35.7 Å². The summed E-state index contributed by atoms with van der Waals surface area (Å²) in [6.45, 7) is 4.06. The number of nitrogens with one attached hydrogen (secondary N) is 3. The van der Waals surface area contributed by atoms with Gasteiger partial charge in [-0.05, 0) is 61.8 Å². The molecule has 2 aliphatic heterocycles. The second kappa shape index (κ2) is 17.2. The first-order chi connectivity index (χ1) is 24.6. The highest BCUT2D eigenvalue weighted by Gasteiger charge is 2.46. The number of hydrogen-bond acceptors (Lipinski definition) is 7. The molecule has 11 nitrogen and oxygen atoms in total. The van der Waals surface area contributed by atoms with Gasteiger partial charge in [0, 0.05) is 31.1 Å². The Balaban J connectivity index is 1.49. The Morgan fingerprint density at radius 1 is 0.980 bits per heavy atom. The van der Waals surface area contributed by atoms with Crippen LogP contribution in [0.3, 0.4) is 0 Å². The monoisotopic (exact) mass is 695 g/mol. The van der Waals surface area contributed by atoms with E-state index in [0.29, 0.717) is 36.3 Å². The summed E-state index contributed by atoms with van der Waals surface area (Å²) >= 11 is 0. The summed E-state index contributed by atoms with van der Waals surface area (Å²) in [5.41, 5.74) is 2.53. The summed E-state index contributed by atoms with van der Waals surface area (Å²) in [5, 5.41) is 8.82. The molecule has 2 bridgehead atoms. The second-order valence-corrected chi connectivity index (χ2v) is 13.5. The van der Waals surface area contributed by atoms with E-state index in [2.05, 4.69) is 16.0 Å². The molecule has 2 heterocycles. The van der Waals surface area contributed by atoms with Crippen molar-refractivity contribution in [2.24, 2.45) is 5.92 Å². The number of fused-ring (bicyclic) bond motifs is 3. The Hall–Kier alpha value is -5.16. The van der Waals surface area contributed by atoms with Crippen LogP contribution in [-0.4, -0.2) is 91.4 Å². The zero-order valence-corrected chi connectivity index (χ0v) is 30.0.